The molecule has 0 saturated heterocycles. The third-order valence-electron chi connectivity index (χ3n) is 3.41. The molecule has 0 atom stereocenters. The summed E-state index contributed by atoms with van der Waals surface area (Å²) < 4.78 is 4.74. The van der Waals surface area contributed by atoms with Crippen LogP contribution in [0.1, 0.15) is 78.1 Å². The Morgan fingerprint density at radius 1 is 0.833 bits per heavy atom. The summed E-state index contributed by atoms with van der Waals surface area (Å²) in [6, 6.07) is 0. The lowest BCUT2D eigenvalue weighted by molar-refractivity contribution is -0.136. The maximum atomic E-state index is 11.0. The molecule has 0 fully saturated rings. The van der Waals surface area contributed by atoms with E-state index in [1.807, 2.05) is 0 Å². The monoisotopic (exact) mass is 330 g/mol. The smallest absolute Gasteiger partial charge is 0.384 e. The Kier molecular flexibility index (Phi) is 17.9. The van der Waals surface area contributed by atoms with Gasteiger partial charge >= 0.3 is 5.97 Å². The Labute approximate surface area is 149 Å². The molecule has 24 heavy (non-hydrogen) atoms. The molecule has 0 unspecified atom stereocenters. The van der Waals surface area contributed by atoms with Gasteiger partial charge < -0.3 is 4.74 Å². The van der Waals surface area contributed by atoms with Crippen LogP contribution in [0.4, 0.5) is 0 Å². The number of esters is 1. The molecular weight excluding hydrogens is 296 g/mol. The summed E-state index contributed by atoms with van der Waals surface area (Å²) in [5.74, 6) is 4.92. The van der Waals surface area contributed by atoms with Crippen molar-refractivity contribution >= 4 is 5.97 Å². The molecule has 0 saturated carbocycles. The fraction of sp³-hybridized carbons (Fsp3) is 0.591. The summed E-state index contributed by atoms with van der Waals surface area (Å²) in [6.45, 7) is 4.41. The predicted molar refractivity (Wildman–Crippen MR) is 104 cm³/mol. The zero-order chi connectivity index (χ0) is 17.7. The summed E-state index contributed by atoms with van der Waals surface area (Å²) in [5.41, 5.74) is 0. The summed E-state index contributed by atoms with van der Waals surface area (Å²) in [5, 5.41) is 0. The number of unbranched alkanes of at least 4 members (excludes halogenated alkanes) is 6. The highest BCUT2D eigenvalue weighted by atomic mass is 16.5. The quantitative estimate of drug-likeness (QED) is 0.133. The second-order valence-corrected chi connectivity index (χ2v) is 5.65. The molecule has 2 heteroatoms. The lowest BCUT2D eigenvalue weighted by Gasteiger charge is -1.92. The molecule has 0 aromatic heterocycles. The molecule has 134 valence electrons. The van der Waals surface area contributed by atoms with Crippen molar-refractivity contribution in [3.8, 4) is 11.8 Å². The minimum atomic E-state index is -0.417. The molecule has 0 rings (SSSR count). The first-order valence-corrected chi connectivity index (χ1v) is 9.41. The van der Waals surface area contributed by atoms with Crippen molar-refractivity contribution in [3.05, 3.63) is 36.5 Å². The van der Waals surface area contributed by atoms with Crippen LogP contribution in [0.3, 0.4) is 0 Å². The Morgan fingerprint density at radius 3 is 2.00 bits per heavy atom. The van der Waals surface area contributed by atoms with Crippen LogP contribution in [-0.4, -0.2) is 12.6 Å². The fourth-order valence-electron chi connectivity index (χ4n) is 2.07. The Bertz CT molecular complexity index is 433. The number of hydrogen-bond acceptors (Lipinski definition) is 2. The molecule has 0 bridgehead atoms. The van der Waals surface area contributed by atoms with Crippen LogP contribution in [0.15, 0.2) is 36.5 Å². The molecule has 0 aromatic carbocycles. The van der Waals surface area contributed by atoms with Crippen LogP contribution in [0.25, 0.3) is 0 Å². The van der Waals surface area contributed by atoms with Crippen molar-refractivity contribution in [2.45, 2.75) is 78.1 Å². The van der Waals surface area contributed by atoms with Gasteiger partial charge in [0.1, 0.15) is 0 Å². The molecule has 0 radical (unpaired) electrons. The minimum Gasteiger partial charge on any atom is -0.456 e. The Balaban J connectivity index is 3.43. The van der Waals surface area contributed by atoms with Crippen molar-refractivity contribution in [1.29, 1.82) is 0 Å². The van der Waals surface area contributed by atoms with E-state index >= 15 is 0 Å². The molecule has 0 aliphatic carbocycles. The molecule has 0 aliphatic heterocycles. The first-order valence-electron chi connectivity index (χ1n) is 9.41. The number of carbonyl (C=O) groups excluding carboxylic acids is 1. The molecule has 0 N–H and O–H groups in total. The Hall–Kier alpha value is -1.75. The maximum absolute atomic E-state index is 11.0. The fourth-order valence-corrected chi connectivity index (χ4v) is 2.07. The normalized spacial score (nSPS) is 11.2. The lowest BCUT2D eigenvalue weighted by Crippen LogP contribution is -1.99. The first-order chi connectivity index (χ1) is 11.8. The standard InChI is InChI=1S/C22H34O2/c1-3-5-6-7-8-9-10-11-12-13-14-15-16-17-18-19-20-21-22(23)24-4-2/h8-9,11-12,14-15H,3-7,10,13,16-19H2,1-2H3/b9-8-,12-11-,15-14-. The van der Waals surface area contributed by atoms with Crippen LogP contribution < -0.4 is 0 Å². The first kappa shape index (κ1) is 22.2. The summed E-state index contributed by atoms with van der Waals surface area (Å²) in [7, 11) is 0. The van der Waals surface area contributed by atoms with Crippen molar-refractivity contribution in [1.82, 2.24) is 0 Å². The van der Waals surface area contributed by atoms with E-state index in [0.717, 1.165) is 38.5 Å². The largest absolute Gasteiger partial charge is 0.456 e. The van der Waals surface area contributed by atoms with Crippen molar-refractivity contribution in [2.75, 3.05) is 6.61 Å². The SMILES string of the molecule is CCCCC/C=C\C/C=C\C/C=C\CCCCC#CC(=O)OCC. The summed E-state index contributed by atoms with van der Waals surface area (Å²) >= 11 is 0. The molecule has 2 nitrogen and oxygen atoms in total. The average Bonchev–Trinajstić information content (AvgIpc) is 2.58. The van der Waals surface area contributed by atoms with Crippen LogP contribution in [-0.2, 0) is 9.53 Å². The third-order valence-corrected chi connectivity index (χ3v) is 3.41. The predicted octanol–water partition coefficient (Wildman–Crippen LogP) is 6.14. The topological polar surface area (TPSA) is 26.3 Å². The molecule has 0 heterocycles. The highest BCUT2D eigenvalue weighted by Crippen LogP contribution is 2.02. The van der Waals surface area contributed by atoms with E-state index in [4.69, 9.17) is 4.74 Å². The minimum absolute atomic E-state index is 0.391. The summed E-state index contributed by atoms with van der Waals surface area (Å²) in [6.07, 6.45) is 24.6. The Morgan fingerprint density at radius 2 is 1.42 bits per heavy atom. The zero-order valence-electron chi connectivity index (χ0n) is 15.6. The van der Waals surface area contributed by atoms with E-state index in [0.29, 0.717) is 6.61 Å². The highest BCUT2D eigenvalue weighted by molar-refractivity contribution is 5.88. The van der Waals surface area contributed by atoms with Crippen molar-refractivity contribution < 1.29 is 9.53 Å². The van der Waals surface area contributed by atoms with Gasteiger partial charge in [-0.25, -0.2) is 4.79 Å². The number of rotatable bonds is 13. The van der Waals surface area contributed by atoms with E-state index in [1.165, 1.54) is 25.7 Å². The van der Waals surface area contributed by atoms with Gasteiger partial charge in [0.2, 0.25) is 0 Å². The van der Waals surface area contributed by atoms with Gasteiger partial charge in [0.05, 0.1) is 6.61 Å². The second-order valence-electron chi connectivity index (χ2n) is 5.65. The molecular formula is C22H34O2. The van der Waals surface area contributed by atoms with Crippen LogP contribution in [0, 0.1) is 11.8 Å². The van der Waals surface area contributed by atoms with E-state index in [-0.39, 0.29) is 0 Å². The van der Waals surface area contributed by atoms with Gasteiger partial charge in [-0.15, -0.1) is 0 Å². The maximum Gasteiger partial charge on any atom is 0.384 e. The van der Waals surface area contributed by atoms with Crippen LogP contribution in [0.2, 0.25) is 0 Å². The zero-order valence-corrected chi connectivity index (χ0v) is 15.6. The molecule has 0 spiro atoms. The second kappa shape index (κ2) is 19.3. The van der Waals surface area contributed by atoms with Crippen LogP contribution >= 0.6 is 0 Å². The van der Waals surface area contributed by atoms with Crippen molar-refractivity contribution in [2.24, 2.45) is 0 Å². The number of carbonyl (C=O) groups is 1. The summed E-state index contributed by atoms with van der Waals surface area (Å²) in [4.78, 5) is 11.0. The lowest BCUT2D eigenvalue weighted by atomic mass is 10.2. The van der Waals surface area contributed by atoms with E-state index in [1.54, 1.807) is 6.92 Å². The average molecular weight is 331 g/mol. The number of ether oxygens (including phenoxy) is 1. The molecule has 0 aromatic rings. The van der Waals surface area contributed by atoms with Gasteiger partial charge in [0, 0.05) is 12.3 Å². The van der Waals surface area contributed by atoms with Gasteiger partial charge in [-0.2, -0.15) is 0 Å². The number of hydrogen-bond donors (Lipinski definition) is 0. The van der Waals surface area contributed by atoms with E-state index in [2.05, 4.69) is 55.2 Å². The highest BCUT2D eigenvalue weighted by Gasteiger charge is 1.91. The van der Waals surface area contributed by atoms with Crippen LogP contribution in [0.5, 0.6) is 0 Å². The van der Waals surface area contributed by atoms with E-state index < -0.39 is 5.97 Å². The van der Waals surface area contributed by atoms with Gasteiger partial charge in [-0.1, -0.05) is 62.1 Å². The molecule has 0 amide bonds. The van der Waals surface area contributed by atoms with Gasteiger partial charge in [0.25, 0.3) is 0 Å². The third kappa shape index (κ3) is 18.3. The number of allylic oxidation sites excluding steroid dienone is 6. The van der Waals surface area contributed by atoms with E-state index in [9.17, 15) is 4.79 Å². The van der Waals surface area contributed by atoms with Gasteiger partial charge in [-0.3, -0.25) is 0 Å². The van der Waals surface area contributed by atoms with Crippen molar-refractivity contribution in [3.63, 3.8) is 0 Å². The van der Waals surface area contributed by atoms with Gasteiger partial charge in [-0.05, 0) is 51.9 Å². The molecule has 0 aliphatic rings. The van der Waals surface area contributed by atoms with Gasteiger partial charge in [0.15, 0.2) is 0 Å².